The van der Waals surface area contributed by atoms with Crippen molar-refractivity contribution in [2.75, 3.05) is 19.6 Å². The van der Waals surface area contributed by atoms with Gasteiger partial charge in [-0.05, 0) is 58.2 Å². The Morgan fingerprint density at radius 1 is 1.22 bits per heavy atom. The average molecular weight is 485 g/mol. The van der Waals surface area contributed by atoms with Gasteiger partial charge in [-0.15, -0.1) is 24.0 Å². The summed E-state index contributed by atoms with van der Waals surface area (Å²) in [5.41, 5.74) is 3.44. The number of carbonyl (C=O) groups is 1. The zero-order valence-corrected chi connectivity index (χ0v) is 19.2. The topological polar surface area (TPSA) is 81.3 Å². The van der Waals surface area contributed by atoms with Crippen LogP contribution in [0.1, 0.15) is 38.8 Å². The maximum Gasteiger partial charge on any atom is 0.242 e. The molecule has 0 aliphatic rings. The molecule has 1 heterocycles. The Hall–Kier alpha value is -1.77. The van der Waals surface area contributed by atoms with Crippen molar-refractivity contribution in [3.05, 3.63) is 35.5 Å². The standard InChI is InChI=1S/C20H31N5O.HI/c1-6-21-19(24-13-18(26)25-20(3,4)5)22-10-9-15-12-23-17-11-14(2)7-8-16(15)17;/h7-8,11-12,23H,6,9-10,13H2,1-5H3,(H,25,26)(H2,21,22,24);1H. The van der Waals surface area contributed by atoms with Crippen molar-refractivity contribution in [3.8, 4) is 0 Å². The number of fused-ring (bicyclic) bond motifs is 1. The summed E-state index contributed by atoms with van der Waals surface area (Å²) in [4.78, 5) is 19.6. The lowest BCUT2D eigenvalue weighted by Crippen LogP contribution is -2.43. The molecule has 27 heavy (non-hydrogen) atoms. The van der Waals surface area contributed by atoms with Gasteiger partial charge in [0, 0.05) is 35.7 Å². The number of benzene rings is 1. The second kappa shape index (κ2) is 10.5. The molecule has 150 valence electrons. The molecule has 1 aromatic heterocycles. The number of aromatic amines is 1. The molecule has 6 nitrogen and oxygen atoms in total. The largest absolute Gasteiger partial charge is 0.361 e. The number of carbonyl (C=O) groups excluding carboxylic acids is 1. The smallest absolute Gasteiger partial charge is 0.242 e. The number of rotatable bonds is 6. The average Bonchev–Trinajstić information content (AvgIpc) is 2.93. The zero-order chi connectivity index (χ0) is 19.2. The second-order valence-electron chi connectivity index (χ2n) is 7.53. The Morgan fingerprint density at radius 2 is 1.96 bits per heavy atom. The van der Waals surface area contributed by atoms with Crippen LogP contribution < -0.4 is 16.0 Å². The van der Waals surface area contributed by atoms with Crippen molar-refractivity contribution in [2.45, 2.75) is 46.6 Å². The number of H-pyrrole nitrogens is 1. The van der Waals surface area contributed by atoms with Crippen molar-refractivity contribution in [1.82, 2.24) is 20.9 Å². The highest BCUT2D eigenvalue weighted by Crippen LogP contribution is 2.19. The maximum atomic E-state index is 11.9. The van der Waals surface area contributed by atoms with E-state index in [0.717, 1.165) is 19.5 Å². The zero-order valence-electron chi connectivity index (χ0n) is 16.9. The molecule has 0 fully saturated rings. The van der Waals surface area contributed by atoms with Gasteiger partial charge in [0.15, 0.2) is 5.96 Å². The van der Waals surface area contributed by atoms with E-state index in [0.29, 0.717) is 5.96 Å². The third kappa shape index (κ3) is 7.78. The van der Waals surface area contributed by atoms with E-state index in [1.165, 1.54) is 22.0 Å². The van der Waals surface area contributed by atoms with Crippen LogP contribution in [-0.4, -0.2) is 42.0 Å². The second-order valence-corrected chi connectivity index (χ2v) is 7.53. The molecule has 0 saturated carbocycles. The number of hydrogen-bond donors (Lipinski definition) is 4. The number of aliphatic imine (C=N–C) groups is 1. The van der Waals surface area contributed by atoms with E-state index >= 15 is 0 Å². The summed E-state index contributed by atoms with van der Waals surface area (Å²) < 4.78 is 0. The molecule has 2 aromatic rings. The van der Waals surface area contributed by atoms with E-state index in [2.05, 4.69) is 57.2 Å². The predicted octanol–water partition coefficient (Wildman–Crippen LogP) is 3.11. The molecule has 0 bridgehead atoms. The molecule has 4 N–H and O–H groups in total. The number of aryl methyl sites for hydroxylation is 1. The van der Waals surface area contributed by atoms with Gasteiger partial charge >= 0.3 is 0 Å². The van der Waals surface area contributed by atoms with Gasteiger partial charge in [-0.1, -0.05) is 12.1 Å². The molecule has 0 radical (unpaired) electrons. The summed E-state index contributed by atoms with van der Waals surface area (Å²) in [7, 11) is 0. The van der Waals surface area contributed by atoms with Crippen LogP contribution in [0.5, 0.6) is 0 Å². The molecule has 0 saturated heterocycles. The van der Waals surface area contributed by atoms with Gasteiger partial charge in [-0.3, -0.25) is 4.79 Å². The number of guanidine groups is 1. The van der Waals surface area contributed by atoms with Crippen molar-refractivity contribution in [2.24, 2.45) is 4.99 Å². The van der Waals surface area contributed by atoms with E-state index in [4.69, 9.17) is 0 Å². The monoisotopic (exact) mass is 485 g/mol. The Bertz CT molecular complexity index is 776. The fraction of sp³-hybridized carbons (Fsp3) is 0.500. The van der Waals surface area contributed by atoms with Gasteiger partial charge in [0.25, 0.3) is 0 Å². The number of nitrogens with zero attached hydrogens (tertiary/aromatic N) is 1. The number of aromatic nitrogens is 1. The van der Waals surface area contributed by atoms with Crippen LogP contribution in [0.4, 0.5) is 0 Å². The van der Waals surface area contributed by atoms with Gasteiger partial charge in [0.05, 0.1) is 0 Å². The number of amides is 1. The first-order chi connectivity index (χ1) is 12.3. The summed E-state index contributed by atoms with van der Waals surface area (Å²) >= 11 is 0. The third-order valence-electron chi connectivity index (χ3n) is 3.85. The maximum absolute atomic E-state index is 11.9. The first kappa shape index (κ1) is 23.3. The molecular weight excluding hydrogens is 453 g/mol. The quantitative estimate of drug-likeness (QED) is 0.289. The summed E-state index contributed by atoms with van der Waals surface area (Å²) in [6.07, 6.45) is 2.94. The highest BCUT2D eigenvalue weighted by atomic mass is 127. The van der Waals surface area contributed by atoms with E-state index in [1.807, 2.05) is 27.7 Å². The Kier molecular flexibility index (Phi) is 9.08. The highest BCUT2D eigenvalue weighted by molar-refractivity contribution is 14.0. The molecule has 7 heteroatoms. The number of hydrogen-bond acceptors (Lipinski definition) is 2. The summed E-state index contributed by atoms with van der Waals surface area (Å²) in [5, 5.41) is 10.6. The van der Waals surface area contributed by atoms with Crippen molar-refractivity contribution >= 4 is 46.7 Å². The molecule has 0 aliphatic carbocycles. The first-order valence-corrected chi connectivity index (χ1v) is 9.18. The fourth-order valence-electron chi connectivity index (χ4n) is 2.77. The van der Waals surface area contributed by atoms with Gasteiger partial charge in [0.1, 0.15) is 6.54 Å². The summed E-state index contributed by atoms with van der Waals surface area (Å²) in [5.74, 6) is 0.578. The SMILES string of the molecule is CCNC(=NCC(=O)NC(C)(C)C)NCCc1c[nH]c2cc(C)ccc12.I. The normalized spacial score (nSPS) is 11.8. The van der Waals surface area contributed by atoms with Gasteiger partial charge in [-0.2, -0.15) is 0 Å². The van der Waals surface area contributed by atoms with E-state index in [9.17, 15) is 4.79 Å². The molecular formula is C20H32IN5O. The van der Waals surface area contributed by atoms with E-state index < -0.39 is 0 Å². The van der Waals surface area contributed by atoms with Gasteiger partial charge in [-0.25, -0.2) is 4.99 Å². The van der Waals surface area contributed by atoms with Crippen LogP contribution in [0.25, 0.3) is 10.9 Å². The molecule has 0 unspecified atom stereocenters. The van der Waals surface area contributed by atoms with Gasteiger partial charge < -0.3 is 20.9 Å². The Morgan fingerprint density at radius 3 is 2.63 bits per heavy atom. The van der Waals surface area contributed by atoms with E-state index in [-0.39, 0.29) is 42.0 Å². The van der Waals surface area contributed by atoms with Crippen molar-refractivity contribution < 1.29 is 4.79 Å². The summed E-state index contributed by atoms with van der Waals surface area (Å²) in [6.45, 7) is 11.6. The molecule has 1 aromatic carbocycles. The lowest BCUT2D eigenvalue weighted by atomic mass is 10.1. The predicted molar refractivity (Wildman–Crippen MR) is 124 cm³/mol. The number of nitrogens with one attached hydrogen (secondary N) is 4. The van der Waals surface area contributed by atoms with Crippen LogP contribution in [0.3, 0.4) is 0 Å². The molecule has 0 atom stereocenters. The first-order valence-electron chi connectivity index (χ1n) is 9.18. The molecule has 0 spiro atoms. The third-order valence-corrected chi connectivity index (χ3v) is 3.85. The molecule has 1 amide bonds. The van der Waals surface area contributed by atoms with Crippen LogP contribution in [-0.2, 0) is 11.2 Å². The van der Waals surface area contributed by atoms with Crippen LogP contribution in [0.2, 0.25) is 0 Å². The minimum Gasteiger partial charge on any atom is -0.361 e. The Balaban J connectivity index is 0.00000364. The number of halogens is 1. The highest BCUT2D eigenvalue weighted by Gasteiger charge is 2.13. The van der Waals surface area contributed by atoms with Gasteiger partial charge in [0.2, 0.25) is 5.91 Å². The van der Waals surface area contributed by atoms with Crippen LogP contribution >= 0.6 is 24.0 Å². The molecule has 2 rings (SSSR count). The lowest BCUT2D eigenvalue weighted by molar-refractivity contribution is -0.121. The molecule has 0 aliphatic heterocycles. The lowest BCUT2D eigenvalue weighted by Gasteiger charge is -2.20. The fourth-order valence-corrected chi connectivity index (χ4v) is 2.77. The van der Waals surface area contributed by atoms with E-state index in [1.54, 1.807) is 0 Å². The van der Waals surface area contributed by atoms with Crippen LogP contribution in [0.15, 0.2) is 29.4 Å². The summed E-state index contributed by atoms with van der Waals surface area (Å²) in [6, 6.07) is 6.45. The van der Waals surface area contributed by atoms with Crippen molar-refractivity contribution in [3.63, 3.8) is 0 Å². The minimum absolute atomic E-state index is 0. The van der Waals surface area contributed by atoms with Crippen molar-refractivity contribution in [1.29, 1.82) is 0 Å². The Labute approximate surface area is 179 Å². The minimum atomic E-state index is -0.244. The van der Waals surface area contributed by atoms with Crippen LogP contribution in [0, 0.1) is 6.92 Å².